The van der Waals surface area contributed by atoms with Gasteiger partial charge in [0.1, 0.15) is 5.82 Å². The number of halogens is 2. The van der Waals surface area contributed by atoms with Crippen LogP contribution in [0.15, 0.2) is 18.2 Å². The maximum absolute atomic E-state index is 12.9. The van der Waals surface area contributed by atoms with Gasteiger partial charge in [-0.25, -0.2) is 4.39 Å². The third kappa shape index (κ3) is 3.23. The van der Waals surface area contributed by atoms with E-state index in [1.807, 2.05) is 0 Å². The number of carbonyl (C=O) groups is 2. The number of aliphatic carboxylic acids is 1. The summed E-state index contributed by atoms with van der Waals surface area (Å²) >= 11 is 5.79. The lowest BCUT2D eigenvalue weighted by molar-refractivity contribution is -0.141. The Morgan fingerprint density at radius 1 is 1.37 bits per heavy atom. The molecule has 102 valence electrons. The van der Waals surface area contributed by atoms with Gasteiger partial charge < -0.3 is 10.4 Å². The fourth-order valence-corrected chi connectivity index (χ4v) is 2.53. The largest absolute Gasteiger partial charge is 0.481 e. The third-order valence-electron chi connectivity index (χ3n) is 3.29. The van der Waals surface area contributed by atoms with E-state index in [0.717, 1.165) is 12.1 Å². The van der Waals surface area contributed by atoms with E-state index in [1.54, 1.807) is 0 Å². The Bertz CT molecular complexity index is 521. The Morgan fingerprint density at radius 3 is 2.68 bits per heavy atom. The maximum atomic E-state index is 12.9. The number of rotatable bonds is 3. The van der Waals surface area contributed by atoms with Crippen LogP contribution in [0.1, 0.15) is 29.6 Å². The highest BCUT2D eigenvalue weighted by Gasteiger charge is 2.30. The lowest BCUT2D eigenvalue weighted by Crippen LogP contribution is -2.33. The zero-order chi connectivity index (χ0) is 14.0. The number of benzene rings is 1. The molecule has 1 aromatic carbocycles. The van der Waals surface area contributed by atoms with Crippen molar-refractivity contribution in [2.45, 2.75) is 25.3 Å². The second-order valence-electron chi connectivity index (χ2n) is 4.64. The van der Waals surface area contributed by atoms with Crippen LogP contribution in [-0.2, 0) is 4.79 Å². The van der Waals surface area contributed by atoms with Crippen LogP contribution in [0.2, 0.25) is 5.02 Å². The standard InChI is InChI=1S/C13H13ClFNO3/c14-11-6-8(15)2-4-10(11)12(17)16-9-3-1-7(5-9)13(18)19/h2,4,6-7,9H,1,3,5H2,(H,16,17)(H,18,19)/t7-,9+/m1/s1. The van der Waals surface area contributed by atoms with E-state index in [-0.39, 0.29) is 16.6 Å². The summed E-state index contributed by atoms with van der Waals surface area (Å²) in [4.78, 5) is 22.8. The molecule has 0 aliphatic heterocycles. The highest BCUT2D eigenvalue weighted by Crippen LogP contribution is 2.26. The lowest BCUT2D eigenvalue weighted by atomic mass is 10.1. The summed E-state index contributed by atoms with van der Waals surface area (Å²) in [7, 11) is 0. The first-order valence-electron chi connectivity index (χ1n) is 5.96. The molecule has 1 saturated carbocycles. The summed E-state index contributed by atoms with van der Waals surface area (Å²) in [6.07, 6.45) is 1.60. The molecule has 1 fully saturated rings. The normalized spacial score (nSPS) is 22.2. The minimum atomic E-state index is -0.837. The molecule has 0 spiro atoms. The van der Waals surface area contributed by atoms with Crippen molar-refractivity contribution in [3.05, 3.63) is 34.6 Å². The second kappa shape index (κ2) is 5.57. The summed E-state index contributed by atoms with van der Waals surface area (Å²) < 4.78 is 12.9. The Labute approximate surface area is 114 Å². The average molecular weight is 286 g/mol. The van der Waals surface area contributed by atoms with Gasteiger partial charge in [-0.15, -0.1) is 0 Å². The predicted molar refractivity (Wildman–Crippen MR) is 67.6 cm³/mol. The first kappa shape index (κ1) is 13.8. The molecule has 0 saturated heterocycles. The molecule has 0 unspecified atom stereocenters. The highest BCUT2D eigenvalue weighted by molar-refractivity contribution is 6.33. The van der Waals surface area contributed by atoms with Gasteiger partial charge in [0.05, 0.1) is 16.5 Å². The minimum absolute atomic E-state index is 0.0466. The van der Waals surface area contributed by atoms with E-state index in [9.17, 15) is 14.0 Å². The van der Waals surface area contributed by atoms with Crippen LogP contribution in [0.3, 0.4) is 0 Å². The van der Waals surface area contributed by atoms with Crippen molar-refractivity contribution in [1.29, 1.82) is 0 Å². The summed E-state index contributed by atoms with van der Waals surface area (Å²) in [6, 6.07) is 3.38. The molecule has 0 aromatic heterocycles. The third-order valence-corrected chi connectivity index (χ3v) is 3.61. The van der Waals surface area contributed by atoms with Gasteiger partial charge >= 0.3 is 5.97 Å². The Balaban J connectivity index is 2.00. The van der Waals surface area contributed by atoms with Gasteiger partial charge in [-0.2, -0.15) is 0 Å². The number of nitrogens with one attached hydrogen (secondary N) is 1. The fourth-order valence-electron chi connectivity index (χ4n) is 2.27. The average Bonchev–Trinajstić information content (AvgIpc) is 2.77. The first-order chi connectivity index (χ1) is 8.97. The number of amides is 1. The second-order valence-corrected chi connectivity index (χ2v) is 5.05. The van der Waals surface area contributed by atoms with Gasteiger partial charge in [-0.05, 0) is 37.5 Å². The van der Waals surface area contributed by atoms with Crippen molar-refractivity contribution in [3.63, 3.8) is 0 Å². The van der Waals surface area contributed by atoms with Gasteiger partial charge in [-0.3, -0.25) is 9.59 Å². The monoisotopic (exact) mass is 285 g/mol. The van der Waals surface area contributed by atoms with E-state index in [2.05, 4.69) is 5.32 Å². The van der Waals surface area contributed by atoms with Gasteiger partial charge in [0.2, 0.25) is 0 Å². The van der Waals surface area contributed by atoms with E-state index in [0.29, 0.717) is 19.3 Å². The molecule has 4 nitrogen and oxygen atoms in total. The van der Waals surface area contributed by atoms with Crippen LogP contribution in [0.5, 0.6) is 0 Å². The lowest BCUT2D eigenvalue weighted by Gasteiger charge is -2.13. The van der Waals surface area contributed by atoms with Crippen LogP contribution in [0.25, 0.3) is 0 Å². The van der Waals surface area contributed by atoms with Gasteiger partial charge in [0.25, 0.3) is 5.91 Å². The number of carboxylic acids is 1. The van der Waals surface area contributed by atoms with Gasteiger partial charge in [0, 0.05) is 6.04 Å². The van der Waals surface area contributed by atoms with Crippen molar-refractivity contribution < 1.29 is 19.1 Å². The number of hydrogen-bond donors (Lipinski definition) is 2. The first-order valence-corrected chi connectivity index (χ1v) is 6.34. The molecule has 1 aromatic rings. The van der Waals surface area contributed by atoms with E-state index >= 15 is 0 Å². The van der Waals surface area contributed by atoms with Gasteiger partial charge in [-0.1, -0.05) is 11.6 Å². The molecule has 6 heteroatoms. The minimum Gasteiger partial charge on any atom is -0.481 e. The SMILES string of the molecule is O=C(N[C@H]1CC[C@@H](C(=O)O)C1)c1ccc(F)cc1Cl. The highest BCUT2D eigenvalue weighted by atomic mass is 35.5. The Morgan fingerprint density at radius 2 is 2.11 bits per heavy atom. The molecule has 0 heterocycles. The van der Waals surface area contributed by atoms with Gasteiger partial charge in [0.15, 0.2) is 0 Å². The molecule has 0 radical (unpaired) electrons. The van der Waals surface area contributed by atoms with E-state index in [4.69, 9.17) is 16.7 Å². The summed E-state index contributed by atoms with van der Waals surface area (Å²) in [5.74, 6) is -2.15. The quantitative estimate of drug-likeness (QED) is 0.896. The number of carbonyl (C=O) groups excluding carboxylic acids is 1. The van der Waals surface area contributed by atoms with Crippen LogP contribution in [0.4, 0.5) is 4.39 Å². The Kier molecular flexibility index (Phi) is 4.04. The van der Waals surface area contributed by atoms with Crippen molar-refractivity contribution in [2.24, 2.45) is 5.92 Å². The topological polar surface area (TPSA) is 66.4 Å². The molecule has 1 amide bonds. The van der Waals surface area contributed by atoms with Crippen molar-refractivity contribution >= 4 is 23.5 Å². The summed E-state index contributed by atoms with van der Waals surface area (Å²) in [6.45, 7) is 0. The van der Waals surface area contributed by atoms with Crippen molar-refractivity contribution in [2.75, 3.05) is 0 Å². The van der Waals surface area contributed by atoms with Crippen LogP contribution in [-0.4, -0.2) is 23.0 Å². The maximum Gasteiger partial charge on any atom is 0.306 e. The smallest absolute Gasteiger partial charge is 0.306 e. The van der Waals surface area contributed by atoms with Crippen LogP contribution >= 0.6 is 11.6 Å². The molecule has 2 rings (SSSR count). The van der Waals surface area contributed by atoms with Crippen molar-refractivity contribution in [3.8, 4) is 0 Å². The van der Waals surface area contributed by atoms with E-state index in [1.165, 1.54) is 6.07 Å². The molecule has 2 N–H and O–H groups in total. The van der Waals surface area contributed by atoms with Crippen molar-refractivity contribution in [1.82, 2.24) is 5.32 Å². The number of hydrogen-bond acceptors (Lipinski definition) is 2. The van der Waals surface area contributed by atoms with E-state index < -0.39 is 23.6 Å². The van der Waals surface area contributed by atoms with Crippen LogP contribution in [0, 0.1) is 11.7 Å². The molecular weight excluding hydrogens is 273 g/mol. The molecule has 0 bridgehead atoms. The zero-order valence-corrected chi connectivity index (χ0v) is 10.8. The predicted octanol–water partition coefficient (Wildman–Crippen LogP) is 2.46. The zero-order valence-electron chi connectivity index (χ0n) is 10.0. The molecule has 1 aliphatic rings. The fraction of sp³-hybridized carbons (Fsp3) is 0.385. The summed E-state index contributed by atoms with van der Waals surface area (Å²) in [5.41, 5.74) is 0.196. The molecule has 19 heavy (non-hydrogen) atoms. The molecular formula is C13H13ClFNO3. The Hall–Kier alpha value is -1.62. The number of carboxylic acid groups (broad SMARTS) is 1. The van der Waals surface area contributed by atoms with Crippen LogP contribution < -0.4 is 5.32 Å². The summed E-state index contributed by atoms with van der Waals surface area (Å²) in [5, 5.41) is 11.7. The molecule has 2 atom stereocenters. The molecule has 1 aliphatic carbocycles.